The highest BCUT2D eigenvalue weighted by molar-refractivity contribution is 5.94. The van der Waals surface area contributed by atoms with E-state index in [1.54, 1.807) is 19.1 Å². The van der Waals surface area contributed by atoms with Gasteiger partial charge < -0.3 is 10.3 Å². The topological polar surface area (TPSA) is 62.0 Å². The van der Waals surface area contributed by atoms with Crippen LogP contribution < -0.4 is 10.9 Å². The number of nitrogens with one attached hydrogen (secondary N) is 2. The molecule has 0 bridgehead atoms. The highest BCUT2D eigenvalue weighted by Gasteiger charge is 2.34. The van der Waals surface area contributed by atoms with Crippen molar-refractivity contribution in [1.82, 2.24) is 10.3 Å². The quantitative estimate of drug-likeness (QED) is 0.911. The van der Waals surface area contributed by atoms with Crippen LogP contribution in [0.3, 0.4) is 0 Å². The number of H-pyrrole nitrogens is 1. The molecule has 1 aromatic carbocycles. The minimum atomic E-state index is -0.336. The van der Waals surface area contributed by atoms with Crippen LogP contribution in [0, 0.1) is 19.8 Å². The van der Waals surface area contributed by atoms with Crippen LogP contribution >= 0.6 is 0 Å². The Hall–Kier alpha value is -2.36. The lowest BCUT2D eigenvalue weighted by Crippen LogP contribution is -2.34. The molecule has 1 aliphatic rings. The van der Waals surface area contributed by atoms with Crippen LogP contribution in [0.15, 0.2) is 41.2 Å². The van der Waals surface area contributed by atoms with E-state index in [4.69, 9.17) is 0 Å². The third-order valence-electron chi connectivity index (χ3n) is 4.20. The van der Waals surface area contributed by atoms with Crippen LogP contribution in [0.1, 0.15) is 46.1 Å². The maximum Gasteiger partial charge on any atom is 0.260 e. The summed E-state index contributed by atoms with van der Waals surface area (Å²) in [4.78, 5) is 27.1. The van der Waals surface area contributed by atoms with Gasteiger partial charge in [-0.15, -0.1) is 0 Å². The number of aromatic amines is 1. The SMILES string of the molecule is Cc1ccc(C(=O)NC(c2ccccc2C)C2CC2)c(=O)[nH]1. The number of carbonyl (C=O) groups excluding carboxylic acids is 1. The molecule has 1 fully saturated rings. The number of benzene rings is 1. The van der Waals surface area contributed by atoms with Crippen molar-refractivity contribution in [3.8, 4) is 0 Å². The summed E-state index contributed by atoms with van der Waals surface area (Å²) in [7, 11) is 0. The normalized spacial score (nSPS) is 15.4. The van der Waals surface area contributed by atoms with Crippen molar-refractivity contribution in [3.05, 3.63) is 69.1 Å². The number of rotatable bonds is 4. The molecule has 1 heterocycles. The molecule has 3 rings (SSSR count). The number of carbonyl (C=O) groups is 1. The molecule has 1 amide bonds. The third-order valence-corrected chi connectivity index (χ3v) is 4.20. The highest BCUT2D eigenvalue weighted by atomic mass is 16.2. The third kappa shape index (κ3) is 2.96. The van der Waals surface area contributed by atoms with E-state index in [1.165, 1.54) is 0 Å². The largest absolute Gasteiger partial charge is 0.345 e. The Kier molecular flexibility index (Phi) is 3.84. The fraction of sp³-hybridized carbons (Fsp3) is 0.333. The first-order chi connectivity index (χ1) is 10.6. The zero-order chi connectivity index (χ0) is 15.7. The number of amides is 1. The smallest absolute Gasteiger partial charge is 0.260 e. The second kappa shape index (κ2) is 5.79. The van der Waals surface area contributed by atoms with Gasteiger partial charge in [0.15, 0.2) is 0 Å². The molecule has 0 spiro atoms. The van der Waals surface area contributed by atoms with Crippen molar-refractivity contribution in [3.63, 3.8) is 0 Å². The predicted octanol–water partition coefficient (Wildman–Crippen LogP) is 2.87. The van der Waals surface area contributed by atoms with Crippen LogP contribution in [0.2, 0.25) is 0 Å². The molecule has 114 valence electrons. The molecule has 2 N–H and O–H groups in total. The lowest BCUT2D eigenvalue weighted by molar-refractivity contribution is 0.0930. The first kappa shape index (κ1) is 14.6. The van der Waals surface area contributed by atoms with Crippen LogP contribution in [-0.2, 0) is 0 Å². The van der Waals surface area contributed by atoms with E-state index < -0.39 is 0 Å². The zero-order valence-corrected chi connectivity index (χ0v) is 12.8. The summed E-state index contributed by atoms with van der Waals surface area (Å²) in [5, 5.41) is 3.05. The number of hydrogen-bond acceptors (Lipinski definition) is 2. The minimum Gasteiger partial charge on any atom is -0.345 e. The van der Waals surface area contributed by atoms with Crippen molar-refractivity contribution < 1.29 is 4.79 Å². The fourth-order valence-corrected chi connectivity index (χ4v) is 2.78. The van der Waals surface area contributed by atoms with E-state index >= 15 is 0 Å². The van der Waals surface area contributed by atoms with Crippen molar-refractivity contribution in [2.75, 3.05) is 0 Å². The molecule has 1 aliphatic carbocycles. The molecule has 0 aliphatic heterocycles. The standard InChI is InChI=1S/C18H20N2O2/c1-11-5-3-4-6-14(11)16(13-8-9-13)20-18(22)15-10-7-12(2)19-17(15)21/h3-7,10,13,16H,8-9H2,1-2H3,(H,19,21)(H,20,22). The Bertz CT molecular complexity index is 760. The molecule has 1 atom stereocenters. The van der Waals surface area contributed by atoms with E-state index in [2.05, 4.69) is 29.4 Å². The number of pyridine rings is 1. The number of aromatic nitrogens is 1. The second-order valence-corrected chi connectivity index (χ2v) is 6.03. The first-order valence-corrected chi connectivity index (χ1v) is 7.62. The van der Waals surface area contributed by atoms with Gasteiger partial charge in [0, 0.05) is 5.69 Å². The highest BCUT2D eigenvalue weighted by Crippen LogP contribution is 2.41. The molecule has 22 heavy (non-hydrogen) atoms. The average Bonchev–Trinajstić information content (AvgIpc) is 3.30. The van der Waals surface area contributed by atoms with Gasteiger partial charge in [0.05, 0.1) is 6.04 Å². The molecular weight excluding hydrogens is 276 g/mol. The van der Waals surface area contributed by atoms with Crippen molar-refractivity contribution >= 4 is 5.91 Å². The zero-order valence-electron chi connectivity index (χ0n) is 12.8. The molecular formula is C18H20N2O2. The fourth-order valence-electron chi connectivity index (χ4n) is 2.78. The Morgan fingerprint density at radius 1 is 1.18 bits per heavy atom. The summed E-state index contributed by atoms with van der Waals surface area (Å²) in [6.07, 6.45) is 2.23. The Labute approximate surface area is 129 Å². The molecule has 1 unspecified atom stereocenters. The summed E-state index contributed by atoms with van der Waals surface area (Å²) in [5.74, 6) is 0.163. The van der Waals surface area contributed by atoms with Crippen molar-refractivity contribution in [1.29, 1.82) is 0 Å². The first-order valence-electron chi connectivity index (χ1n) is 7.62. The van der Waals surface area contributed by atoms with Crippen LogP contribution in [0.25, 0.3) is 0 Å². The van der Waals surface area contributed by atoms with Crippen LogP contribution in [0.5, 0.6) is 0 Å². The molecule has 2 aromatic rings. The van der Waals surface area contributed by atoms with Gasteiger partial charge in [-0.2, -0.15) is 0 Å². The van der Waals surface area contributed by atoms with Crippen molar-refractivity contribution in [2.45, 2.75) is 32.7 Å². The van der Waals surface area contributed by atoms with Gasteiger partial charge in [0.2, 0.25) is 0 Å². The molecule has 1 aromatic heterocycles. The molecule has 1 saturated carbocycles. The second-order valence-electron chi connectivity index (χ2n) is 6.03. The summed E-state index contributed by atoms with van der Waals surface area (Å²) in [6.45, 7) is 3.85. The maximum absolute atomic E-state index is 12.5. The minimum absolute atomic E-state index is 0.0191. The molecule has 0 saturated heterocycles. The van der Waals surface area contributed by atoms with Gasteiger partial charge in [-0.3, -0.25) is 9.59 Å². The molecule has 0 radical (unpaired) electrons. The number of hydrogen-bond donors (Lipinski definition) is 2. The lowest BCUT2D eigenvalue weighted by Gasteiger charge is -2.20. The Morgan fingerprint density at radius 3 is 2.55 bits per heavy atom. The molecule has 4 heteroatoms. The van der Waals surface area contributed by atoms with Gasteiger partial charge >= 0.3 is 0 Å². The van der Waals surface area contributed by atoms with Crippen molar-refractivity contribution in [2.24, 2.45) is 5.92 Å². The van der Waals surface area contributed by atoms with E-state index in [0.29, 0.717) is 5.92 Å². The summed E-state index contributed by atoms with van der Waals surface area (Å²) >= 11 is 0. The van der Waals surface area contributed by atoms with E-state index in [1.807, 2.05) is 12.1 Å². The lowest BCUT2D eigenvalue weighted by atomic mass is 9.97. The van der Waals surface area contributed by atoms with Gasteiger partial charge in [0.25, 0.3) is 11.5 Å². The summed E-state index contributed by atoms with van der Waals surface area (Å²) in [5.41, 5.74) is 2.89. The van der Waals surface area contributed by atoms with Gasteiger partial charge in [-0.25, -0.2) is 0 Å². The maximum atomic E-state index is 12.5. The predicted molar refractivity (Wildman–Crippen MR) is 85.9 cm³/mol. The van der Waals surface area contributed by atoms with Crippen LogP contribution in [0.4, 0.5) is 0 Å². The summed E-state index contributed by atoms with van der Waals surface area (Å²) in [6, 6.07) is 11.4. The van der Waals surface area contributed by atoms with E-state index in [-0.39, 0.29) is 23.1 Å². The van der Waals surface area contributed by atoms with Gasteiger partial charge in [0.1, 0.15) is 5.56 Å². The number of aryl methyl sites for hydroxylation is 2. The van der Waals surface area contributed by atoms with E-state index in [9.17, 15) is 9.59 Å². The van der Waals surface area contributed by atoms with Crippen LogP contribution in [-0.4, -0.2) is 10.9 Å². The van der Waals surface area contributed by atoms with Gasteiger partial charge in [-0.05, 0) is 55.9 Å². The Morgan fingerprint density at radius 2 is 1.91 bits per heavy atom. The molecule has 4 nitrogen and oxygen atoms in total. The average molecular weight is 296 g/mol. The monoisotopic (exact) mass is 296 g/mol. The summed E-state index contributed by atoms with van der Waals surface area (Å²) < 4.78 is 0. The van der Waals surface area contributed by atoms with E-state index in [0.717, 1.165) is 29.7 Å². The van der Waals surface area contributed by atoms with Gasteiger partial charge in [-0.1, -0.05) is 24.3 Å². The Balaban J connectivity index is 1.87.